The van der Waals surface area contributed by atoms with E-state index in [1.165, 1.54) is 0 Å². The second kappa shape index (κ2) is 9.00. The first-order valence-electron chi connectivity index (χ1n) is 8.69. The van der Waals surface area contributed by atoms with Crippen molar-refractivity contribution in [2.75, 3.05) is 0 Å². The Balaban J connectivity index is 2.02. The van der Waals surface area contributed by atoms with Crippen molar-refractivity contribution < 1.29 is 19.0 Å². The fraction of sp³-hybridized carbons (Fsp3) is 0.550. The van der Waals surface area contributed by atoms with Crippen LogP contribution in [0.5, 0.6) is 0 Å². The van der Waals surface area contributed by atoms with Gasteiger partial charge in [0.2, 0.25) is 0 Å². The van der Waals surface area contributed by atoms with Gasteiger partial charge in [0.25, 0.3) is 0 Å². The zero-order valence-corrected chi connectivity index (χ0v) is 14.8. The number of rotatable bonds is 7. The lowest BCUT2D eigenvalue weighted by Crippen LogP contribution is -2.47. The molecule has 2 rings (SSSR count). The SMILES string of the molecule is C=CCC[C@@H](C)O[C@@H]1O[C@@H](C)[C@H](C)C[C@H]1OC(=O)c1ccccc1. The highest BCUT2D eigenvalue weighted by Gasteiger charge is 2.38. The summed E-state index contributed by atoms with van der Waals surface area (Å²) in [7, 11) is 0. The Morgan fingerprint density at radius 2 is 2.08 bits per heavy atom. The summed E-state index contributed by atoms with van der Waals surface area (Å²) in [6.45, 7) is 9.87. The third-order valence-corrected chi connectivity index (χ3v) is 4.47. The highest BCUT2D eigenvalue weighted by atomic mass is 16.7. The fourth-order valence-electron chi connectivity index (χ4n) is 2.76. The van der Waals surface area contributed by atoms with Crippen molar-refractivity contribution in [2.24, 2.45) is 5.92 Å². The lowest BCUT2D eigenvalue weighted by molar-refractivity contribution is -0.262. The lowest BCUT2D eigenvalue weighted by Gasteiger charge is -2.39. The van der Waals surface area contributed by atoms with Gasteiger partial charge in [-0.15, -0.1) is 6.58 Å². The Morgan fingerprint density at radius 3 is 2.75 bits per heavy atom. The van der Waals surface area contributed by atoms with Crippen LogP contribution >= 0.6 is 0 Å². The third-order valence-electron chi connectivity index (χ3n) is 4.47. The molecule has 1 fully saturated rings. The fourth-order valence-corrected chi connectivity index (χ4v) is 2.76. The van der Waals surface area contributed by atoms with Gasteiger partial charge in [0.15, 0.2) is 12.4 Å². The van der Waals surface area contributed by atoms with Crippen LogP contribution in [0, 0.1) is 5.92 Å². The number of carbonyl (C=O) groups is 1. The Kier molecular flexibility index (Phi) is 7.00. The molecule has 0 bridgehead atoms. The van der Waals surface area contributed by atoms with E-state index in [1.54, 1.807) is 12.1 Å². The van der Waals surface area contributed by atoms with Gasteiger partial charge in [-0.2, -0.15) is 0 Å². The minimum atomic E-state index is -0.524. The van der Waals surface area contributed by atoms with Crippen molar-refractivity contribution in [3.05, 3.63) is 48.6 Å². The molecule has 1 aliphatic rings. The number of hydrogen-bond acceptors (Lipinski definition) is 4. The van der Waals surface area contributed by atoms with Gasteiger partial charge < -0.3 is 14.2 Å². The van der Waals surface area contributed by atoms with Crippen LogP contribution in [-0.2, 0) is 14.2 Å². The lowest BCUT2D eigenvalue weighted by atomic mass is 9.95. The monoisotopic (exact) mass is 332 g/mol. The molecule has 0 saturated carbocycles. The molecule has 4 nitrogen and oxygen atoms in total. The molecule has 1 heterocycles. The van der Waals surface area contributed by atoms with Crippen molar-refractivity contribution in [2.45, 2.75) is 64.6 Å². The molecule has 1 saturated heterocycles. The first-order valence-corrected chi connectivity index (χ1v) is 8.69. The predicted molar refractivity (Wildman–Crippen MR) is 93.7 cm³/mol. The van der Waals surface area contributed by atoms with E-state index in [1.807, 2.05) is 38.1 Å². The second-order valence-corrected chi connectivity index (χ2v) is 6.55. The van der Waals surface area contributed by atoms with Gasteiger partial charge >= 0.3 is 5.97 Å². The van der Waals surface area contributed by atoms with E-state index in [4.69, 9.17) is 14.2 Å². The van der Waals surface area contributed by atoms with E-state index in [0.717, 1.165) is 19.3 Å². The number of allylic oxidation sites excluding steroid dienone is 1. The van der Waals surface area contributed by atoms with Gasteiger partial charge in [-0.05, 0) is 51.2 Å². The summed E-state index contributed by atoms with van der Waals surface area (Å²) in [5, 5.41) is 0. The average molecular weight is 332 g/mol. The van der Waals surface area contributed by atoms with E-state index in [0.29, 0.717) is 11.5 Å². The molecule has 1 aromatic rings. The maximum absolute atomic E-state index is 12.4. The quantitative estimate of drug-likeness (QED) is 0.550. The van der Waals surface area contributed by atoms with Gasteiger partial charge in [0.05, 0.1) is 17.8 Å². The van der Waals surface area contributed by atoms with E-state index < -0.39 is 12.4 Å². The molecule has 0 amide bonds. The summed E-state index contributed by atoms with van der Waals surface area (Å²) < 4.78 is 17.7. The Hall–Kier alpha value is -1.65. The molecular formula is C20H28O4. The molecule has 0 radical (unpaired) electrons. The van der Waals surface area contributed by atoms with E-state index in [9.17, 15) is 4.79 Å². The molecule has 1 aromatic carbocycles. The Bertz CT molecular complexity index is 528. The molecule has 0 spiro atoms. The van der Waals surface area contributed by atoms with Crippen LogP contribution in [0.2, 0.25) is 0 Å². The summed E-state index contributed by atoms with van der Waals surface area (Å²) in [6, 6.07) is 9.02. The third kappa shape index (κ3) is 5.18. The van der Waals surface area contributed by atoms with Crippen molar-refractivity contribution in [3.8, 4) is 0 Å². The number of esters is 1. The summed E-state index contributed by atoms with van der Waals surface area (Å²) in [5.41, 5.74) is 0.544. The van der Waals surface area contributed by atoms with Gasteiger partial charge in [0, 0.05) is 0 Å². The smallest absolute Gasteiger partial charge is 0.338 e. The summed E-state index contributed by atoms with van der Waals surface area (Å²) in [6.07, 6.45) is 3.54. The number of hydrogen-bond donors (Lipinski definition) is 0. The van der Waals surface area contributed by atoms with Gasteiger partial charge in [-0.25, -0.2) is 4.79 Å². The predicted octanol–water partition coefficient (Wildman–Crippen LogP) is 4.35. The van der Waals surface area contributed by atoms with Crippen molar-refractivity contribution in [1.82, 2.24) is 0 Å². The zero-order valence-electron chi connectivity index (χ0n) is 14.8. The van der Waals surface area contributed by atoms with E-state index >= 15 is 0 Å². The Morgan fingerprint density at radius 1 is 1.38 bits per heavy atom. The molecule has 4 heteroatoms. The largest absolute Gasteiger partial charge is 0.453 e. The maximum Gasteiger partial charge on any atom is 0.338 e. The Labute approximate surface area is 144 Å². The van der Waals surface area contributed by atoms with Crippen LogP contribution in [0.1, 0.15) is 50.4 Å². The van der Waals surface area contributed by atoms with Crippen LogP contribution < -0.4 is 0 Å². The topological polar surface area (TPSA) is 44.8 Å². The van der Waals surface area contributed by atoms with Gasteiger partial charge in [0.1, 0.15) is 0 Å². The van der Waals surface area contributed by atoms with Gasteiger partial charge in [-0.3, -0.25) is 0 Å². The highest BCUT2D eigenvalue weighted by Crippen LogP contribution is 2.29. The molecule has 0 aliphatic carbocycles. The number of benzene rings is 1. The van der Waals surface area contributed by atoms with E-state index in [-0.39, 0.29) is 18.2 Å². The first kappa shape index (κ1) is 18.7. The molecule has 1 aliphatic heterocycles. The molecular weight excluding hydrogens is 304 g/mol. The van der Waals surface area contributed by atoms with Crippen LogP contribution in [0.3, 0.4) is 0 Å². The summed E-state index contributed by atoms with van der Waals surface area (Å²) >= 11 is 0. The van der Waals surface area contributed by atoms with Crippen LogP contribution in [-0.4, -0.2) is 30.6 Å². The summed E-state index contributed by atoms with van der Waals surface area (Å²) in [4.78, 5) is 12.4. The summed E-state index contributed by atoms with van der Waals surface area (Å²) in [5.74, 6) is -0.0276. The van der Waals surface area contributed by atoms with Crippen LogP contribution in [0.4, 0.5) is 0 Å². The standard InChI is InChI=1S/C20H28O4/c1-5-6-10-15(3)22-20-18(13-14(2)16(4)23-20)24-19(21)17-11-8-7-9-12-17/h5,7-9,11-12,14-16,18,20H,1,6,10,13H2,2-4H3/t14-,15-,16+,18-,20-/m1/s1. The molecule has 132 valence electrons. The minimum Gasteiger partial charge on any atom is -0.453 e. The van der Waals surface area contributed by atoms with Crippen LogP contribution in [0.15, 0.2) is 43.0 Å². The van der Waals surface area contributed by atoms with Crippen molar-refractivity contribution in [3.63, 3.8) is 0 Å². The minimum absolute atomic E-state index is 0.0199. The number of ether oxygens (including phenoxy) is 3. The molecule has 0 aromatic heterocycles. The van der Waals surface area contributed by atoms with Crippen molar-refractivity contribution >= 4 is 5.97 Å². The normalized spacial score (nSPS) is 28.1. The van der Waals surface area contributed by atoms with E-state index in [2.05, 4.69) is 13.5 Å². The first-order chi connectivity index (χ1) is 11.5. The van der Waals surface area contributed by atoms with Crippen molar-refractivity contribution in [1.29, 1.82) is 0 Å². The average Bonchev–Trinajstić information content (AvgIpc) is 2.58. The molecule has 0 unspecified atom stereocenters. The second-order valence-electron chi connectivity index (χ2n) is 6.55. The molecule has 0 N–H and O–H groups in total. The highest BCUT2D eigenvalue weighted by molar-refractivity contribution is 5.89. The zero-order chi connectivity index (χ0) is 17.5. The molecule has 5 atom stereocenters. The van der Waals surface area contributed by atoms with Crippen LogP contribution in [0.25, 0.3) is 0 Å². The molecule has 24 heavy (non-hydrogen) atoms. The maximum atomic E-state index is 12.4. The number of carbonyl (C=O) groups excluding carboxylic acids is 1. The van der Waals surface area contributed by atoms with Gasteiger partial charge in [-0.1, -0.05) is 31.2 Å².